The van der Waals surface area contributed by atoms with Gasteiger partial charge >= 0.3 is 0 Å². The molecule has 1 atom stereocenters. The Morgan fingerprint density at radius 3 is 2.53 bits per heavy atom. The fraction of sp³-hybridized carbons (Fsp3) is 0.348. The van der Waals surface area contributed by atoms with Gasteiger partial charge < -0.3 is 19.4 Å². The molecule has 0 aliphatic rings. The Morgan fingerprint density at radius 1 is 1.12 bits per heavy atom. The molecule has 1 unspecified atom stereocenters. The average Bonchev–Trinajstić information content (AvgIpc) is 3.20. The molecule has 0 aliphatic carbocycles. The summed E-state index contributed by atoms with van der Waals surface area (Å²) in [5.74, 6) is 1.48. The molecule has 0 spiro atoms. The van der Waals surface area contributed by atoms with Crippen molar-refractivity contribution in [2.75, 3.05) is 17.7 Å². The highest BCUT2D eigenvalue weighted by molar-refractivity contribution is 7.99. The van der Waals surface area contributed by atoms with Crippen LogP contribution < -0.4 is 14.8 Å². The Kier molecular flexibility index (Phi) is 8.10. The number of carbonyl (C=O) groups is 1. The van der Waals surface area contributed by atoms with Gasteiger partial charge in [-0.25, -0.2) is 4.39 Å². The van der Waals surface area contributed by atoms with Crippen LogP contribution in [0.2, 0.25) is 0 Å². The molecule has 0 saturated carbocycles. The Hall–Kier alpha value is -3.07. The number of nitrogens with zero attached hydrogens (tertiary/aromatic N) is 3. The molecule has 2 aromatic carbocycles. The molecule has 0 bridgehead atoms. The van der Waals surface area contributed by atoms with Crippen LogP contribution in [0.1, 0.15) is 45.7 Å². The van der Waals surface area contributed by atoms with Crippen LogP contribution in [0.4, 0.5) is 10.1 Å². The van der Waals surface area contributed by atoms with Crippen LogP contribution >= 0.6 is 11.8 Å². The fourth-order valence-electron chi connectivity index (χ4n) is 3.09. The fourth-order valence-corrected chi connectivity index (χ4v) is 3.96. The van der Waals surface area contributed by atoms with E-state index in [2.05, 4.69) is 15.5 Å². The van der Waals surface area contributed by atoms with Gasteiger partial charge in [-0.15, -0.1) is 10.2 Å². The van der Waals surface area contributed by atoms with Crippen molar-refractivity contribution < 1.29 is 18.7 Å². The van der Waals surface area contributed by atoms with Crippen LogP contribution in [-0.4, -0.2) is 33.0 Å². The highest BCUT2D eigenvalue weighted by atomic mass is 32.2. The van der Waals surface area contributed by atoms with Crippen molar-refractivity contribution in [1.82, 2.24) is 14.8 Å². The van der Waals surface area contributed by atoms with E-state index in [1.165, 1.54) is 23.9 Å². The Balaban J connectivity index is 1.67. The van der Waals surface area contributed by atoms with Gasteiger partial charge in [0.2, 0.25) is 5.91 Å². The molecule has 1 aromatic heterocycles. The molecule has 1 amide bonds. The van der Waals surface area contributed by atoms with E-state index < -0.39 is 6.10 Å². The zero-order valence-electron chi connectivity index (χ0n) is 18.5. The molecule has 0 radical (unpaired) electrons. The summed E-state index contributed by atoms with van der Waals surface area (Å²) in [7, 11) is 0. The molecule has 170 valence electrons. The standard InChI is InChI=1S/C23H27FN4O3S/c1-5-30-20-9-7-6-8-19(20)25-21(29)14-32-23-27-26-22(28(23)15(2)3)16(4)31-18-12-10-17(24)11-13-18/h6-13,15-16H,5,14H2,1-4H3,(H,25,29). The van der Waals surface area contributed by atoms with E-state index in [0.717, 1.165) is 0 Å². The van der Waals surface area contributed by atoms with E-state index in [4.69, 9.17) is 9.47 Å². The first-order valence-corrected chi connectivity index (χ1v) is 11.4. The third kappa shape index (κ3) is 6.00. The lowest BCUT2D eigenvalue weighted by Gasteiger charge is -2.19. The molecule has 1 N–H and O–H groups in total. The Morgan fingerprint density at radius 2 is 1.84 bits per heavy atom. The van der Waals surface area contributed by atoms with E-state index in [9.17, 15) is 9.18 Å². The van der Waals surface area contributed by atoms with Gasteiger partial charge in [-0.1, -0.05) is 23.9 Å². The van der Waals surface area contributed by atoms with E-state index in [1.807, 2.05) is 50.5 Å². The maximum atomic E-state index is 13.1. The number of halogens is 1. The van der Waals surface area contributed by atoms with Crippen LogP contribution in [0, 0.1) is 5.82 Å². The number of rotatable bonds is 10. The molecule has 3 rings (SSSR count). The van der Waals surface area contributed by atoms with E-state index in [1.54, 1.807) is 18.2 Å². The van der Waals surface area contributed by atoms with Crippen molar-refractivity contribution in [3.05, 3.63) is 60.2 Å². The van der Waals surface area contributed by atoms with Crippen molar-refractivity contribution in [3.63, 3.8) is 0 Å². The third-order valence-corrected chi connectivity index (χ3v) is 5.43. The molecule has 9 heteroatoms. The number of ether oxygens (including phenoxy) is 2. The number of para-hydroxylation sites is 2. The average molecular weight is 459 g/mol. The zero-order valence-corrected chi connectivity index (χ0v) is 19.4. The van der Waals surface area contributed by atoms with Gasteiger partial charge in [-0.05, 0) is 64.1 Å². The summed E-state index contributed by atoms with van der Waals surface area (Å²) in [5.41, 5.74) is 0.632. The zero-order chi connectivity index (χ0) is 23.1. The number of anilines is 1. The molecule has 7 nitrogen and oxygen atoms in total. The number of amides is 1. The monoisotopic (exact) mass is 458 g/mol. The molecular formula is C23H27FN4O3S. The second kappa shape index (κ2) is 11.0. The normalized spacial score (nSPS) is 11.9. The van der Waals surface area contributed by atoms with Crippen molar-refractivity contribution in [3.8, 4) is 11.5 Å². The van der Waals surface area contributed by atoms with Gasteiger partial charge in [0.05, 0.1) is 18.0 Å². The number of nitrogens with one attached hydrogen (secondary N) is 1. The van der Waals surface area contributed by atoms with Crippen LogP contribution in [0.5, 0.6) is 11.5 Å². The van der Waals surface area contributed by atoms with Crippen LogP contribution in [0.3, 0.4) is 0 Å². The summed E-state index contributed by atoms with van der Waals surface area (Å²) in [4.78, 5) is 12.5. The maximum Gasteiger partial charge on any atom is 0.234 e. The molecule has 1 heterocycles. The van der Waals surface area contributed by atoms with Gasteiger partial charge in [-0.2, -0.15) is 0 Å². The lowest BCUT2D eigenvalue weighted by Crippen LogP contribution is -2.17. The van der Waals surface area contributed by atoms with E-state index in [0.29, 0.717) is 34.8 Å². The number of carbonyl (C=O) groups excluding carboxylic acids is 1. The minimum atomic E-state index is -0.406. The summed E-state index contributed by atoms with van der Waals surface area (Å²) < 4.78 is 26.6. The SMILES string of the molecule is CCOc1ccccc1NC(=O)CSc1nnc(C(C)Oc2ccc(F)cc2)n1C(C)C. The van der Waals surface area contributed by atoms with Crippen LogP contribution in [0.25, 0.3) is 0 Å². The Bertz CT molecular complexity index is 1040. The first kappa shape index (κ1) is 23.6. The lowest BCUT2D eigenvalue weighted by molar-refractivity contribution is -0.113. The molecular weight excluding hydrogens is 431 g/mol. The highest BCUT2D eigenvalue weighted by Gasteiger charge is 2.22. The van der Waals surface area contributed by atoms with Crippen LogP contribution in [-0.2, 0) is 4.79 Å². The predicted molar refractivity (Wildman–Crippen MR) is 123 cm³/mol. The third-order valence-electron chi connectivity index (χ3n) is 4.49. The lowest BCUT2D eigenvalue weighted by atomic mass is 10.3. The van der Waals surface area contributed by atoms with Gasteiger partial charge in [0.1, 0.15) is 17.3 Å². The van der Waals surface area contributed by atoms with Crippen molar-refractivity contribution in [2.45, 2.75) is 45.0 Å². The molecule has 0 saturated heterocycles. The van der Waals surface area contributed by atoms with Gasteiger partial charge in [0, 0.05) is 6.04 Å². The second-order valence-corrected chi connectivity index (χ2v) is 8.23. The van der Waals surface area contributed by atoms with Crippen LogP contribution in [0.15, 0.2) is 53.7 Å². The summed E-state index contributed by atoms with van der Waals surface area (Å²) in [6.07, 6.45) is -0.406. The van der Waals surface area contributed by atoms with Gasteiger partial charge in [-0.3, -0.25) is 4.79 Å². The van der Waals surface area contributed by atoms with E-state index >= 15 is 0 Å². The number of aromatic nitrogens is 3. The highest BCUT2D eigenvalue weighted by Crippen LogP contribution is 2.28. The molecule has 0 fully saturated rings. The number of hydrogen-bond acceptors (Lipinski definition) is 6. The summed E-state index contributed by atoms with van der Waals surface area (Å²) >= 11 is 1.30. The van der Waals surface area contributed by atoms with Gasteiger partial charge in [0.15, 0.2) is 17.1 Å². The Labute approximate surface area is 191 Å². The van der Waals surface area contributed by atoms with Crippen molar-refractivity contribution in [1.29, 1.82) is 0 Å². The predicted octanol–water partition coefficient (Wildman–Crippen LogP) is 5.27. The minimum Gasteiger partial charge on any atom is -0.492 e. The quantitative estimate of drug-likeness (QED) is 0.417. The summed E-state index contributed by atoms with van der Waals surface area (Å²) in [6, 6.07) is 13.2. The smallest absolute Gasteiger partial charge is 0.234 e. The molecule has 32 heavy (non-hydrogen) atoms. The topological polar surface area (TPSA) is 78.3 Å². The number of hydrogen-bond donors (Lipinski definition) is 1. The van der Waals surface area contributed by atoms with Gasteiger partial charge in [0.25, 0.3) is 0 Å². The largest absolute Gasteiger partial charge is 0.492 e. The van der Waals surface area contributed by atoms with E-state index in [-0.39, 0.29) is 23.5 Å². The molecule has 0 aliphatic heterocycles. The number of thioether (sulfide) groups is 1. The van der Waals surface area contributed by atoms with Crippen molar-refractivity contribution >= 4 is 23.4 Å². The summed E-state index contributed by atoms with van der Waals surface area (Å²) in [5, 5.41) is 12.1. The summed E-state index contributed by atoms with van der Waals surface area (Å²) in [6.45, 7) is 8.30. The first-order valence-electron chi connectivity index (χ1n) is 10.4. The second-order valence-electron chi connectivity index (χ2n) is 7.28. The molecule has 3 aromatic rings. The maximum absolute atomic E-state index is 13.1. The number of benzene rings is 2. The first-order chi connectivity index (χ1) is 15.4. The minimum absolute atomic E-state index is 0.0588. The van der Waals surface area contributed by atoms with Crippen molar-refractivity contribution in [2.24, 2.45) is 0 Å².